The Morgan fingerprint density at radius 3 is 2.88 bits per heavy atom. The molecule has 0 amide bonds. The Morgan fingerprint density at radius 1 is 1.41 bits per heavy atom. The van der Waals surface area contributed by atoms with E-state index in [4.69, 9.17) is 11.6 Å². The first-order chi connectivity index (χ1) is 8.16. The fraction of sp³-hybridized carbons (Fsp3) is 0.167. The molecule has 2 aromatic rings. The first kappa shape index (κ1) is 12.9. The molecule has 0 fully saturated rings. The molecule has 0 atom stereocenters. The summed E-state index contributed by atoms with van der Waals surface area (Å²) in [6, 6.07) is 4.80. The molecule has 0 aliphatic carbocycles. The van der Waals surface area contributed by atoms with Crippen LogP contribution in [0.5, 0.6) is 0 Å². The minimum Gasteiger partial charge on any atom is -0.383 e. The lowest BCUT2D eigenvalue weighted by atomic mass is 10.2. The first-order valence-corrected chi connectivity index (χ1v) is 7.17. The molecular weight excluding hydrogens is 325 g/mol. The molecule has 1 aromatic heterocycles. The van der Waals surface area contributed by atoms with Crippen molar-refractivity contribution in [1.82, 2.24) is 0 Å². The summed E-state index contributed by atoms with van der Waals surface area (Å²) in [4.78, 5) is 0. The van der Waals surface area contributed by atoms with Gasteiger partial charge in [0.25, 0.3) is 0 Å². The molecule has 0 aliphatic heterocycles. The number of benzene rings is 1. The van der Waals surface area contributed by atoms with Gasteiger partial charge in [0.2, 0.25) is 0 Å². The molecule has 0 saturated carbocycles. The number of hydrogen-bond acceptors (Lipinski definition) is 2. The monoisotopic (exact) mass is 333 g/mol. The van der Waals surface area contributed by atoms with E-state index in [0.717, 1.165) is 18.7 Å². The van der Waals surface area contributed by atoms with Crippen LogP contribution in [0, 0.1) is 5.82 Å². The molecule has 2 rings (SSSR count). The Balaban J connectivity index is 1.99. The topological polar surface area (TPSA) is 12.0 Å². The maximum atomic E-state index is 13.0. The normalized spacial score (nSPS) is 10.5. The van der Waals surface area contributed by atoms with E-state index in [1.807, 2.05) is 0 Å². The smallest absolute Gasteiger partial charge is 0.125 e. The van der Waals surface area contributed by atoms with Gasteiger partial charge in [-0.05, 0) is 56.9 Å². The quantitative estimate of drug-likeness (QED) is 0.833. The molecule has 17 heavy (non-hydrogen) atoms. The average Bonchev–Trinajstić information content (AvgIpc) is 2.74. The summed E-state index contributed by atoms with van der Waals surface area (Å²) >= 11 is 10.9. The van der Waals surface area contributed by atoms with Gasteiger partial charge in [-0.25, -0.2) is 4.39 Å². The second-order valence-corrected chi connectivity index (χ2v) is 5.59. The van der Waals surface area contributed by atoms with Crippen molar-refractivity contribution in [1.29, 1.82) is 0 Å². The van der Waals surface area contributed by atoms with Crippen molar-refractivity contribution in [3.63, 3.8) is 0 Å². The van der Waals surface area contributed by atoms with Gasteiger partial charge < -0.3 is 5.32 Å². The molecule has 1 nitrogen and oxygen atoms in total. The van der Waals surface area contributed by atoms with Crippen LogP contribution >= 0.6 is 38.9 Å². The van der Waals surface area contributed by atoms with Gasteiger partial charge in [-0.15, -0.1) is 0 Å². The van der Waals surface area contributed by atoms with Crippen LogP contribution in [-0.2, 0) is 6.42 Å². The van der Waals surface area contributed by atoms with Crippen LogP contribution in [0.1, 0.15) is 5.56 Å². The number of thiophene rings is 1. The van der Waals surface area contributed by atoms with Gasteiger partial charge in [-0.1, -0.05) is 11.6 Å². The highest BCUT2D eigenvalue weighted by molar-refractivity contribution is 9.10. The predicted molar refractivity (Wildman–Crippen MR) is 75.6 cm³/mol. The summed E-state index contributed by atoms with van der Waals surface area (Å²) in [5.74, 6) is -0.342. The van der Waals surface area contributed by atoms with Crippen molar-refractivity contribution in [3.8, 4) is 0 Å². The molecule has 0 bridgehead atoms. The summed E-state index contributed by atoms with van der Waals surface area (Å²) in [7, 11) is 0. The maximum absolute atomic E-state index is 13.0. The third-order valence-electron chi connectivity index (χ3n) is 2.30. The van der Waals surface area contributed by atoms with Crippen LogP contribution in [0.15, 0.2) is 33.4 Å². The molecule has 0 aliphatic rings. The minimum atomic E-state index is -0.342. The Hall–Kier alpha value is -0.580. The van der Waals surface area contributed by atoms with Gasteiger partial charge in [0.1, 0.15) is 5.82 Å². The summed E-state index contributed by atoms with van der Waals surface area (Å²) in [6.45, 7) is 0.765. The van der Waals surface area contributed by atoms with Crippen LogP contribution in [0.3, 0.4) is 0 Å². The van der Waals surface area contributed by atoms with Crippen LogP contribution in [0.4, 0.5) is 10.1 Å². The van der Waals surface area contributed by atoms with Crippen molar-refractivity contribution >= 4 is 44.6 Å². The second kappa shape index (κ2) is 5.85. The second-order valence-electron chi connectivity index (χ2n) is 3.55. The van der Waals surface area contributed by atoms with Gasteiger partial charge in [0, 0.05) is 11.0 Å². The van der Waals surface area contributed by atoms with Crippen molar-refractivity contribution in [2.75, 3.05) is 11.9 Å². The number of anilines is 1. The lowest BCUT2D eigenvalue weighted by Crippen LogP contribution is -2.05. The summed E-state index contributed by atoms with van der Waals surface area (Å²) in [5.41, 5.74) is 2.03. The van der Waals surface area contributed by atoms with E-state index >= 15 is 0 Å². The van der Waals surface area contributed by atoms with Crippen molar-refractivity contribution in [2.45, 2.75) is 6.42 Å². The molecule has 0 unspecified atom stereocenters. The zero-order chi connectivity index (χ0) is 12.3. The summed E-state index contributed by atoms with van der Waals surface area (Å²) in [5, 5.41) is 7.76. The molecule has 5 heteroatoms. The number of rotatable bonds is 4. The van der Waals surface area contributed by atoms with Crippen LogP contribution < -0.4 is 5.32 Å². The van der Waals surface area contributed by atoms with E-state index in [9.17, 15) is 4.39 Å². The van der Waals surface area contributed by atoms with E-state index in [-0.39, 0.29) is 5.82 Å². The van der Waals surface area contributed by atoms with E-state index in [2.05, 4.69) is 38.1 Å². The fourth-order valence-corrected chi connectivity index (χ4v) is 3.14. The third-order valence-corrected chi connectivity index (χ3v) is 3.96. The Bertz CT molecular complexity index is 478. The number of hydrogen-bond donors (Lipinski definition) is 1. The Kier molecular flexibility index (Phi) is 4.42. The van der Waals surface area contributed by atoms with E-state index in [1.54, 1.807) is 11.3 Å². The first-order valence-electron chi connectivity index (χ1n) is 5.06. The Labute approximate surface area is 117 Å². The highest BCUT2D eigenvalue weighted by Gasteiger charge is 2.07. The van der Waals surface area contributed by atoms with Gasteiger partial charge in [0.05, 0.1) is 10.7 Å². The Morgan fingerprint density at radius 2 is 2.24 bits per heavy atom. The summed E-state index contributed by atoms with van der Waals surface area (Å²) in [6.07, 6.45) is 0.920. The molecule has 0 saturated heterocycles. The fourth-order valence-electron chi connectivity index (χ4n) is 1.48. The predicted octanol–water partition coefficient (Wildman–Crippen LogP) is 4.96. The minimum absolute atomic E-state index is 0.342. The molecular formula is C12H10BrClFNS. The molecule has 1 N–H and O–H groups in total. The molecule has 90 valence electrons. The van der Waals surface area contributed by atoms with Crippen molar-refractivity contribution in [3.05, 3.63) is 49.8 Å². The standard InChI is InChI=1S/C12H10BrClFNS/c13-10-5-9(15)6-11(14)12(10)16-3-1-8-2-4-17-7-8/h2,4-7,16H,1,3H2. The highest BCUT2D eigenvalue weighted by atomic mass is 79.9. The zero-order valence-electron chi connectivity index (χ0n) is 8.84. The number of halogens is 3. The molecule has 1 heterocycles. The lowest BCUT2D eigenvalue weighted by Gasteiger charge is -2.10. The molecule has 0 spiro atoms. The van der Waals surface area contributed by atoms with Gasteiger partial charge in [0.15, 0.2) is 0 Å². The number of nitrogens with one attached hydrogen (secondary N) is 1. The van der Waals surface area contributed by atoms with Crippen molar-refractivity contribution < 1.29 is 4.39 Å². The summed E-state index contributed by atoms with van der Waals surface area (Å²) < 4.78 is 13.7. The lowest BCUT2D eigenvalue weighted by molar-refractivity contribution is 0.627. The van der Waals surface area contributed by atoms with Gasteiger partial charge in [-0.3, -0.25) is 0 Å². The van der Waals surface area contributed by atoms with Crippen molar-refractivity contribution in [2.24, 2.45) is 0 Å². The van der Waals surface area contributed by atoms with Gasteiger partial charge in [-0.2, -0.15) is 11.3 Å². The molecule has 1 aromatic carbocycles. The zero-order valence-corrected chi connectivity index (χ0v) is 12.0. The average molecular weight is 335 g/mol. The van der Waals surface area contributed by atoms with E-state index in [0.29, 0.717) is 9.50 Å². The third kappa shape index (κ3) is 3.44. The SMILES string of the molecule is Fc1cc(Cl)c(NCCc2ccsc2)c(Br)c1. The van der Waals surface area contributed by atoms with Crippen LogP contribution in [0.2, 0.25) is 5.02 Å². The van der Waals surface area contributed by atoms with Crippen LogP contribution in [-0.4, -0.2) is 6.54 Å². The highest BCUT2D eigenvalue weighted by Crippen LogP contribution is 2.31. The largest absolute Gasteiger partial charge is 0.383 e. The van der Waals surface area contributed by atoms with Gasteiger partial charge >= 0.3 is 0 Å². The van der Waals surface area contributed by atoms with E-state index < -0.39 is 0 Å². The van der Waals surface area contributed by atoms with E-state index in [1.165, 1.54) is 17.7 Å². The molecule has 0 radical (unpaired) electrons. The van der Waals surface area contributed by atoms with Crippen LogP contribution in [0.25, 0.3) is 0 Å². The maximum Gasteiger partial charge on any atom is 0.125 e.